The Labute approximate surface area is 219 Å². The van der Waals surface area contributed by atoms with E-state index in [1.807, 2.05) is 0 Å². The fourth-order valence-electron chi connectivity index (χ4n) is 6.47. The molecule has 2 aromatic carbocycles. The molecule has 3 atom stereocenters. The Kier molecular flexibility index (Phi) is 6.32. The molecule has 5 nitrogen and oxygen atoms in total. The lowest BCUT2D eigenvalue weighted by atomic mass is 9.93. The Bertz CT molecular complexity index is 1190. The van der Waals surface area contributed by atoms with Crippen molar-refractivity contribution in [1.82, 2.24) is 19.8 Å². The molecular formula is C27H32BrClFN5. The van der Waals surface area contributed by atoms with E-state index in [4.69, 9.17) is 16.6 Å². The number of likely N-dealkylation sites (N-methyl/N-ethyl adjacent to an activating group) is 1. The van der Waals surface area contributed by atoms with Gasteiger partial charge in [-0.05, 0) is 69.0 Å². The molecule has 1 unspecified atom stereocenters. The molecule has 1 aromatic heterocycles. The molecule has 35 heavy (non-hydrogen) atoms. The predicted molar refractivity (Wildman–Crippen MR) is 144 cm³/mol. The van der Waals surface area contributed by atoms with Gasteiger partial charge in [0, 0.05) is 54.7 Å². The molecule has 0 bridgehead atoms. The molecule has 8 heteroatoms. The first kappa shape index (κ1) is 23.7. The Hall–Kier alpha value is -1.67. The summed E-state index contributed by atoms with van der Waals surface area (Å²) in [7, 11) is 2.20. The fourth-order valence-corrected chi connectivity index (χ4v) is 7.03. The van der Waals surface area contributed by atoms with E-state index in [1.54, 1.807) is 6.07 Å². The van der Waals surface area contributed by atoms with Crippen LogP contribution in [-0.4, -0.2) is 72.1 Å². The van der Waals surface area contributed by atoms with E-state index in [1.165, 1.54) is 24.5 Å². The Morgan fingerprint density at radius 1 is 1.23 bits per heavy atom. The van der Waals surface area contributed by atoms with Gasteiger partial charge in [-0.2, -0.15) is 0 Å². The van der Waals surface area contributed by atoms with Crippen LogP contribution in [0.1, 0.15) is 31.2 Å². The number of benzene rings is 2. The lowest BCUT2D eigenvalue weighted by molar-refractivity contribution is 0.153. The number of nitrogens with one attached hydrogen (secondary N) is 1. The quantitative estimate of drug-likeness (QED) is 0.403. The average molecular weight is 561 g/mol. The molecule has 0 radical (unpaired) electrons. The highest BCUT2D eigenvalue weighted by Gasteiger charge is 2.63. The third-order valence-corrected chi connectivity index (χ3v) is 9.32. The molecule has 1 N–H and O–H groups in total. The average Bonchev–Trinajstić information content (AvgIpc) is 3.26. The fraction of sp³-hybridized carbons (Fsp3) is 0.519. The highest BCUT2D eigenvalue weighted by atomic mass is 79.9. The van der Waals surface area contributed by atoms with Gasteiger partial charge in [-0.25, -0.2) is 9.37 Å². The van der Waals surface area contributed by atoms with Crippen LogP contribution in [0.2, 0.25) is 5.02 Å². The molecule has 0 spiro atoms. The third-order valence-electron chi connectivity index (χ3n) is 8.54. The number of hydrogen-bond acceptors (Lipinski definition) is 4. The molecule has 1 aliphatic heterocycles. The van der Waals surface area contributed by atoms with E-state index in [2.05, 4.69) is 66.9 Å². The molecule has 3 fully saturated rings. The number of fused-ring (bicyclic) bond motifs is 2. The molecule has 2 heterocycles. The first-order valence-corrected chi connectivity index (χ1v) is 13.9. The molecular weight excluding hydrogens is 529 g/mol. The SMILES string of the molecule is CN1CCN(CCCN(c2nc3cc(Cl)c(F)cc3[nH]2)[C@@H]2CC[C@]3(c4cccc(Br)c4)CC23)CC1. The number of nitrogens with zero attached hydrogens (tertiary/aromatic N) is 4. The zero-order valence-corrected chi connectivity index (χ0v) is 22.5. The van der Waals surface area contributed by atoms with Crippen molar-refractivity contribution in [1.29, 1.82) is 0 Å². The maximum Gasteiger partial charge on any atom is 0.204 e. The van der Waals surface area contributed by atoms with E-state index in [0.29, 0.717) is 17.5 Å². The summed E-state index contributed by atoms with van der Waals surface area (Å²) in [6.07, 6.45) is 4.67. The number of imidazole rings is 1. The van der Waals surface area contributed by atoms with E-state index in [-0.39, 0.29) is 10.4 Å². The number of H-pyrrole nitrogens is 1. The number of aromatic nitrogens is 2. The zero-order chi connectivity index (χ0) is 24.2. The van der Waals surface area contributed by atoms with Crippen LogP contribution in [0.25, 0.3) is 11.0 Å². The number of anilines is 1. The Morgan fingerprint density at radius 3 is 2.83 bits per heavy atom. The van der Waals surface area contributed by atoms with Crippen molar-refractivity contribution in [2.24, 2.45) is 5.92 Å². The molecule has 0 amide bonds. The zero-order valence-electron chi connectivity index (χ0n) is 20.1. The molecule has 2 aliphatic carbocycles. The molecule has 3 aromatic rings. The Balaban J connectivity index is 1.24. The summed E-state index contributed by atoms with van der Waals surface area (Å²) in [5, 5.41) is 0.119. The van der Waals surface area contributed by atoms with Crippen LogP contribution in [0.3, 0.4) is 0 Å². The first-order valence-electron chi connectivity index (χ1n) is 12.7. The number of aromatic amines is 1. The number of piperazine rings is 1. The third kappa shape index (κ3) is 4.50. The predicted octanol–water partition coefficient (Wildman–Crippen LogP) is 5.68. The summed E-state index contributed by atoms with van der Waals surface area (Å²) in [6, 6.07) is 12.4. The number of hydrogen-bond donors (Lipinski definition) is 1. The summed E-state index contributed by atoms with van der Waals surface area (Å²) in [6.45, 7) is 6.59. The van der Waals surface area contributed by atoms with Crippen molar-refractivity contribution in [2.45, 2.75) is 37.1 Å². The monoisotopic (exact) mass is 559 g/mol. The van der Waals surface area contributed by atoms with Crippen LogP contribution >= 0.6 is 27.5 Å². The van der Waals surface area contributed by atoms with Gasteiger partial charge >= 0.3 is 0 Å². The smallest absolute Gasteiger partial charge is 0.204 e. The van der Waals surface area contributed by atoms with E-state index in [9.17, 15) is 4.39 Å². The van der Waals surface area contributed by atoms with Gasteiger partial charge in [-0.15, -0.1) is 0 Å². The maximum absolute atomic E-state index is 14.1. The van der Waals surface area contributed by atoms with Gasteiger partial charge in [-0.3, -0.25) is 0 Å². The largest absolute Gasteiger partial charge is 0.339 e. The van der Waals surface area contributed by atoms with Gasteiger partial charge in [0.2, 0.25) is 5.95 Å². The second kappa shape index (κ2) is 9.33. The van der Waals surface area contributed by atoms with E-state index in [0.717, 1.165) is 68.0 Å². The second-order valence-corrected chi connectivity index (χ2v) is 11.9. The van der Waals surface area contributed by atoms with Crippen molar-refractivity contribution < 1.29 is 4.39 Å². The van der Waals surface area contributed by atoms with Gasteiger partial charge < -0.3 is 19.7 Å². The van der Waals surface area contributed by atoms with Crippen molar-refractivity contribution >= 4 is 44.5 Å². The standard InChI is InChI=1S/C27H32BrClFN5/c1-33-10-12-34(13-11-33)8-3-9-35(26-31-23-15-21(29)22(30)16-24(23)32-26)25-6-7-27(17-20(25)27)18-4-2-5-19(28)14-18/h2,4-5,14-16,20,25H,3,6-13,17H2,1H3,(H,31,32)/t20?,25-,27-/m1/s1. The lowest BCUT2D eigenvalue weighted by Crippen LogP contribution is -2.45. The summed E-state index contributed by atoms with van der Waals surface area (Å²) in [5.41, 5.74) is 3.17. The summed E-state index contributed by atoms with van der Waals surface area (Å²) < 4.78 is 15.3. The van der Waals surface area contributed by atoms with Crippen LogP contribution in [0.4, 0.5) is 10.3 Å². The summed E-state index contributed by atoms with van der Waals surface area (Å²) in [5.74, 6) is 1.06. The molecule has 3 aliphatic rings. The summed E-state index contributed by atoms with van der Waals surface area (Å²) >= 11 is 9.72. The van der Waals surface area contributed by atoms with Crippen LogP contribution in [-0.2, 0) is 5.41 Å². The first-order chi connectivity index (χ1) is 16.9. The normalized spacial score (nSPS) is 26.9. The minimum atomic E-state index is -0.410. The van der Waals surface area contributed by atoms with Gasteiger partial charge in [-0.1, -0.05) is 39.7 Å². The van der Waals surface area contributed by atoms with Gasteiger partial charge in [0.15, 0.2) is 0 Å². The lowest BCUT2D eigenvalue weighted by Gasteiger charge is -2.34. The Morgan fingerprint density at radius 2 is 2.06 bits per heavy atom. The van der Waals surface area contributed by atoms with Gasteiger partial charge in [0.05, 0.1) is 16.1 Å². The van der Waals surface area contributed by atoms with E-state index >= 15 is 0 Å². The molecule has 6 rings (SSSR count). The topological polar surface area (TPSA) is 38.4 Å². The van der Waals surface area contributed by atoms with Crippen LogP contribution in [0, 0.1) is 11.7 Å². The number of halogens is 3. The van der Waals surface area contributed by atoms with Gasteiger partial charge in [0.25, 0.3) is 0 Å². The van der Waals surface area contributed by atoms with Crippen molar-refractivity contribution in [3.05, 3.63) is 57.3 Å². The highest BCUT2D eigenvalue weighted by molar-refractivity contribution is 9.10. The van der Waals surface area contributed by atoms with Crippen molar-refractivity contribution in [2.75, 3.05) is 51.2 Å². The van der Waals surface area contributed by atoms with E-state index < -0.39 is 5.82 Å². The highest BCUT2D eigenvalue weighted by Crippen LogP contribution is 2.65. The van der Waals surface area contributed by atoms with Crippen LogP contribution in [0.15, 0.2) is 40.9 Å². The van der Waals surface area contributed by atoms with Crippen molar-refractivity contribution in [3.63, 3.8) is 0 Å². The molecule has 2 saturated carbocycles. The van der Waals surface area contributed by atoms with Crippen molar-refractivity contribution in [3.8, 4) is 0 Å². The molecule has 1 saturated heterocycles. The van der Waals surface area contributed by atoms with Gasteiger partial charge in [0.1, 0.15) is 5.82 Å². The number of rotatable bonds is 7. The minimum Gasteiger partial charge on any atom is -0.339 e. The minimum absolute atomic E-state index is 0.119. The maximum atomic E-state index is 14.1. The summed E-state index contributed by atoms with van der Waals surface area (Å²) in [4.78, 5) is 15.8. The molecule has 186 valence electrons. The second-order valence-electron chi connectivity index (χ2n) is 10.6. The van der Waals surface area contributed by atoms with Crippen LogP contribution < -0.4 is 4.90 Å². The van der Waals surface area contributed by atoms with Crippen LogP contribution in [0.5, 0.6) is 0 Å².